The van der Waals surface area contributed by atoms with Gasteiger partial charge in [-0.15, -0.1) is 13.2 Å². The normalized spacial score (nSPS) is 15.0. The summed E-state index contributed by atoms with van der Waals surface area (Å²) in [7, 11) is -5.90. The summed E-state index contributed by atoms with van der Waals surface area (Å²) in [5.74, 6) is 0. The summed E-state index contributed by atoms with van der Waals surface area (Å²) < 4.78 is 0. The smallest absolute Gasteiger partial charge is 0.0421 e. The van der Waals surface area contributed by atoms with E-state index in [1.54, 1.807) is 0 Å². The third-order valence-electron chi connectivity index (χ3n) is 7.82. The first kappa shape index (κ1) is 21.6. The molecule has 0 fully saturated rings. The van der Waals surface area contributed by atoms with Crippen LogP contribution in [0.5, 0.6) is 0 Å². The van der Waals surface area contributed by atoms with E-state index in [0.29, 0.717) is 0 Å². The van der Waals surface area contributed by atoms with Crippen molar-refractivity contribution in [3.05, 3.63) is 25.3 Å². The van der Waals surface area contributed by atoms with E-state index >= 15 is 0 Å². The van der Waals surface area contributed by atoms with Gasteiger partial charge in [-0.1, -0.05) is 77.6 Å². The van der Waals surface area contributed by atoms with E-state index in [-0.39, 0.29) is 0 Å². The first-order valence-electron chi connectivity index (χ1n) is 8.34. The van der Waals surface area contributed by atoms with Crippen LogP contribution in [0, 0.1) is 0 Å². The molecule has 0 amide bonds. The zero-order chi connectivity index (χ0) is 17.3. The summed E-state index contributed by atoms with van der Waals surface area (Å²) >= 11 is 0. The summed E-state index contributed by atoms with van der Waals surface area (Å²) in [6.07, 6.45) is 4.43. The first-order chi connectivity index (χ1) is 9.12. The molecular weight excluding hydrogens is 333 g/mol. The summed E-state index contributed by atoms with van der Waals surface area (Å²) in [6.45, 7) is 35.3. The zero-order valence-corrected chi connectivity index (χ0v) is 21.5. The van der Waals surface area contributed by atoms with E-state index in [9.17, 15) is 0 Å². The minimum absolute atomic E-state index is 1.16. The van der Waals surface area contributed by atoms with Crippen molar-refractivity contribution >= 4 is 36.5 Å². The molecule has 0 aromatic rings. The third kappa shape index (κ3) is 3.57. The molecule has 0 aliphatic carbocycles. The molecule has 124 valence electrons. The van der Waals surface area contributed by atoms with Crippen molar-refractivity contribution in [2.45, 2.75) is 77.6 Å². The van der Waals surface area contributed by atoms with Crippen molar-refractivity contribution in [1.29, 1.82) is 0 Å². The van der Waals surface area contributed by atoms with Crippen LogP contribution in [-0.2, 0) is 0 Å². The fourth-order valence-corrected chi connectivity index (χ4v) is 115. The Hall–Kier alpha value is 0.564. The standard InChI is InChI=1S/C16H40Si5/c1-13-15-17(3,4)19(7,8)21(11,12)20(9,10)18(5,6)16-14-2/h13-14H,1-2,15-16H2,3-12H3. The van der Waals surface area contributed by atoms with Crippen LogP contribution in [0.2, 0.25) is 77.6 Å². The van der Waals surface area contributed by atoms with Crippen LogP contribution in [0.3, 0.4) is 0 Å². The minimum Gasteiger partial charge on any atom is -0.103 e. The van der Waals surface area contributed by atoms with Crippen LogP contribution in [-0.4, -0.2) is 36.5 Å². The molecule has 0 rings (SSSR count). The largest absolute Gasteiger partial charge is 0.103 e. The maximum Gasteiger partial charge on any atom is 0.0421 e. The molecule has 0 aliphatic rings. The highest BCUT2D eigenvalue weighted by atomic mass is 29.9. The molecule has 0 saturated carbocycles. The van der Waals surface area contributed by atoms with Gasteiger partial charge in [0, 0.05) is 36.5 Å². The molecule has 0 heterocycles. The molecule has 0 aromatic carbocycles. The number of hydrogen-bond donors (Lipinski definition) is 0. The van der Waals surface area contributed by atoms with Crippen molar-refractivity contribution < 1.29 is 0 Å². The zero-order valence-electron chi connectivity index (χ0n) is 16.5. The van der Waals surface area contributed by atoms with Gasteiger partial charge in [0.1, 0.15) is 0 Å². The SMILES string of the molecule is C=CC[Si](C)(C)[Si](C)(C)[Si](C)(C)[Si](C)(C)[Si](C)(C)CC=C. The van der Waals surface area contributed by atoms with E-state index < -0.39 is 36.5 Å². The average Bonchev–Trinajstić information content (AvgIpc) is 2.27. The van der Waals surface area contributed by atoms with Crippen LogP contribution in [0.15, 0.2) is 25.3 Å². The molecule has 5 heteroatoms. The summed E-state index contributed by atoms with van der Waals surface area (Å²) in [4.78, 5) is 0. The van der Waals surface area contributed by atoms with Crippen molar-refractivity contribution in [2.75, 3.05) is 0 Å². The van der Waals surface area contributed by atoms with Gasteiger partial charge in [0.05, 0.1) is 0 Å². The molecule has 21 heavy (non-hydrogen) atoms. The van der Waals surface area contributed by atoms with Crippen LogP contribution in [0.1, 0.15) is 0 Å². The van der Waals surface area contributed by atoms with Gasteiger partial charge >= 0.3 is 0 Å². The molecule has 0 saturated heterocycles. The van der Waals surface area contributed by atoms with Crippen molar-refractivity contribution in [3.63, 3.8) is 0 Å². The van der Waals surface area contributed by atoms with Crippen LogP contribution >= 0.6 is 0 Å². The molecule has 0 atom stereocenters. The Bertz CT molecular complexity index is 355. The lowest BCUT2D eigenvalue weighted by Crippen LogP contribution is -2.84. The Morgan fingerprint density at radius 3 is 0.952 bits per heavy atom. The second-order valence-electron chi connectivity index (χ2n) is 9.63. The molecule has 0 radical (unpaired) electrons. The van der Waals surface area contributed by atoms with Crippen LogP contribution in [0.4, 0.5) is 0 Å². The number of hydrogen-bond acceptors (Lipinski definition) is 0. The van der Waals surface area contributed by atoms with Crippen LogP contribution < -0.4 is 0 Å². The first-order valence-corrected chi connectivity index (χ1v) is 27.8. The van der Waals surface area contributed by atoms with Gasteiger partial charge in [-0.25, -0.2) is 0 Å². The lowest BCUT2D eigenvalue weighted by molar-refractivity contribution is 1.56. The van der Waals surface area contributed by atoms with Gasteiger partial charge in [-0.05, 0) is 12.1 Å². The van der Waals surface area contributed by atoms with E-state index in [0.717, 1.165) is 0 Å². The Labute approximate surface area is 139 Å². The summed E-state index contributed by atoms with van der Waals surface area (Å²) in [5.41, 5.74) is 0. The quantitative estimate of drug-likeness (QED) is 0.350. The Kier molecular flexibility index (Phi) is 6.77. The lowest BCUT2D eigenvalue weighted by atomic mass is 10.8. The Balaban J connectivity index is 5.94. The average molecular weight is 373 g/mol. The fraction of sp³-hybridized carbons (Fsp3) is 0.750. The molecule has 0 unspecified atom stereocenters. The monoisotopic (exact) mass is 372 g/mol. The second-order valence-corrected chi connectivity index (χ2v) is 62.9. The molecule has 0 aliphatic heterocycles. The van der Waals surface area contributed by atoms with E-state index in [1.807, 2.05) is 0 Å². The molecule has 0 aromatic heterocycles. The number of rotatable bonds is 8. The van der Waals surface area contributed by atoms with Crippen molar-refractivity contribution in [1.82, 2.24) is 0 Å². The van der Waals surface area contributed by atoms with Crippen molar-refractivity contribution in [3.8, 4) is 0 Å². The molecule has 0 spiro atoms. The van der Waals surface area contributed by atoms with Gasteiger partial charge < -0.3 is 0 Å². The lowest BCUT2D eigenvalue weighted by Gasteiger charge is -2.59. The van der Waals surface area contributed by atoms with Crippen molar-refractivity contribution in [2.24, 2.45) is 0 Å². The van der Waals surface area contributed by atoms with E-state index in [4.69, 9.17) is 0 Å². The predicted octanol–water partition coefficient (Wildman–Crippen LogP) is 6.21. The van der Waals surface area contributed by atoms with Gasteiger partial charge in [-0.3, -0.25) is 0 Å². The van der Waals surface area contributed by atoms with Gasteiger partial charge in [0.2, 0.25) is 0 Å². The highest BCUT2D eigenvalue weighted by Crippen LogP contribution is 2.41. The highest BCUT2D eigenvalue weighted by molar-refractivity contribution is 7.91. The Morgan fingerprint density at radius 2 is 0.762 bits per heavy atom. The molecular formula is C16H40Si5. The van der Waals surface area contributed by atoms with Gasteiger partial charge in [0.15, 0.2) is 0 Å². The second kappa shape index (κ2) is 6.59. The molecule has 0 nitrogen and oxygen atoms in total. The maximum atomic E-state index is 4.06. The van der Waals surface area contributed by atoms with E-state index in [2.05, 4.69) is 90.8 Å². The fourth-order valence-electron chi connectivity index (χ4n) is 3.71. The third-order valence-corrected chi connectivity index (χ3v) is 103. The highest BCUT2D eigenvalue weighted by Gasteiger charge is 2.62. The van der Waals surface area contributed by atoms with E-state index in [1.165, 1.54) is 12.1 Å². The molecule has 0 bridgehead atoms. The number of allylic oxidation sites excluding steroid dienone is 2. The van der Waals surface area contributed by atoms with Gasteiger partial charge in [-0.2, -0.15) is 0 Å². The Morgan fingerprint density at radius 1 is 0.524 bits per heavy atom. The minimum atomic E-state index is -1.20. The predicted molar refractivity (Wildman–Crippen MR) is 117 cm³/mol. The molecule has 0 N–H and O–H groups in total. The maximum absolute atomic E-state index is 4.06. The topological polar surface area (TPSA) is 0 Å². The van der Waals surface area contributed by atoms with Gasteiger partial charge in [0.25, 0.3) is 0 Å². The van der Waals surface area contributed by atoms with Crippen LogP contribution in [0.25, 0.3) is 0 Å². The summed E-state index contributed by atoms with van der Waals surface area (Å²) in [6, 6.07) is 2.63. The summed E-state index contributed by atoms with van der Waals surface area (Å²) in [5, 5.41) is 0.